The molecule has 0 amide bonds. The highest BCUT2D eigenvalue weighted by Gasteiger charge is 2.19. The Labute approximate surface area is 95.9 Å². The summed E-state index contributed by atoms with van der Waals surface area (Å²) in [6.07, 6.45) is 6.34. The van der Waals surface area contributed by atoms with E-state index in [0.29, 0.717) is 5.92 Å². The molecule has 0 saturated heterocycles. The summed E-state index contributed by atoms with van der Waals surface area (Å²) >= 11 is 0. The molecule has 0 spiro atoms. The van der Waals surface area contributed by atoms with Crippen LogP contribution in [-0.4, -0.2) is 9.55 Å². The number of rotatable bonds is 1. The first-order valence-corrected chi connectivity index (χ1v) is 5.88. The zero-order valence-electron chi connectivity index (χ0n) is 9.56. The minimum Gasteiger partial charge on any atom is -0.334 e. The lowest BCUT2D eigenvalue weighted by Crippen LogP contribution is -2.17. The number of fused-ring (bicyclic) bond motifs is 1. The summed E-state index contributed by atoms with van der Waals surface area (Å²) in [7, 11) is 0. The average molecular weight is 212 g/mol. The fraction of sp³-hybridized carbons (Fsp3) is 0.357. The van der Waals surface area contributed by atoms with E-state index in [4.69, 9.17) is 0 Å². The number of hydrogen-bond donors (Lipinski definition) is 0. The number of aryl methyl sites for hydroxylation is 2. The van der Waals surface area contributed by atoms with Crippen molar-refractivity contribution in [2.24, 2.45) is 0 Å². The zero-order chi connectivity index (χ0) is 11.0. The van der Waals surface area contributed by atoms with E-state index in [1.165, 1.54) is 23.2 Å². The highest BCUT2D eigenvalue weighted by molar-refractivity contribution is 5.26. The van der Waals surface area contributed by atoms with E-state index in [9.17, 15) is 0 Å². The van der Waals surface area contributed by atoms with Gasteiger partial charge in [-0.05, 0) is 25.3 Å². The van der Waals surface area contributed by atoms with Crippen molar-refractivity contribution in [1.29, 1.82) is 0 Å². The van der Waals surface area contributed by atoms with Crippen LogP contribution in [0.5, 0.6) is 0 Å². The molecule has 82 valence electrons. The molecule has 1 atom stereocenters. The third-order valence-corrected chi connectivity index (χ3v) is 3.48. The second-order valence-corrected chi connectivity index (χ2v) is 4.69. The molecule has 3 rings (SSSR count). The number of imidazole rings is 1. The maximum Gasteiger partial charge on any atom is 0.0948 e. The van der Waals surface area contributed by atoms with E-state index in [2.05, 4.69) is 40.7 Å². The van der Waals surface area contributed by atoms with Gasteiger partial charge in [0.2, 0.25) is 0 Å². The van der Waals surface area contributed by atoms with Crippen molar-refractivity contribution < 1.29 is 0 Å². The van der Waals surface area contributed by atoms with E-state index in [-0.39, 0.29) is 0 Å². The molecule has 1 aliphatic rings. The molecular weight excluding hydrogens is 196 g/mol. The molecule has 1 unspecified atom stereocenters. The third kappa shape index (κ3) is 1.64. The van der Waals surface area contributed by atoms with Crippen LogP contribution in [0.25, 0.3) is 0 Å². The summed E-state index contributed by atoms with van der Waals surface area (Å²) in [6.45, 7) is 3.24. The Morgan fingerprint density at radius 1 is 1.38 bits per heavy atom. The minimum absolute atomic E-state index is 0.654. The van der Waals surface area contributed by atoms with Crippen LogP contribution < -0.4 is 0 Å². The van der Waals surface area contributed by atoms with Crippen LogP contribution in [-0.2, 0) is 13.0 Å². The van der Waals surface area contributed by atoms with Gasteiger partial charge in [0, 0.05) is 24.4 Å². The van der Waals surface area contributed by atoms with E-state index in [1.54, 1.807) is 0 Å². The first kappa shape index (κ1) is 9.64. The van der Waals surface area contributed by atoms with E-state index >= 15 is 0 Å². The first-order chi connectivity index (χ1) is 7.83. The summed E-state index contributed by atoms with van der Waals surface area (Å²) in [5.41, 5.74) is 4.21. The molecule has 2 heterocycles. The molecule has 0 fully saturated rings. The van der Waals surface area contributed by atoms with E-state index in [1.807, 2.05) is 12.5 Å². The Morgan fingerprint density at radius 3 is 3.19 bits per heavy atom. The lowest BCUT2D eigenvalue weighted by atomic mass is 9.90. The Kier molecular flexibility index (Phi) is 2.28. The summed E-state index contributed by atoms with van der Waals surface area (Å²) in [5, 5.41) is 0. The van der Waals surface area contributed by atoms with Crippen molar-refractivity contribution in [3.63, 3.8) is 0 Å². The predicted octanol–water partition coefficient (Wildman–Crippen LogP) is 2.92. The van der Waals surface area contributed by atoms with Gasteiger partial charge in [-0.1, -0.05) is 29.8 Å². The predicted molar refractivity (Wildman–Crippen MR) is 64.5 cm³/mol. The molecule has 1 aromatic carbocycles. The topological polar surface area (TPSA) is 17.8 Å². The van der Waals surface area contributed by atoms with Gasteiger partial charge in [0.15, 0.2) is 0 Å². The number of benzene rings is 1. The normalized spacial score (nSPS) is 19.4. The fourth-order valence-corrected chi connectivity index (χ4v) is 2.57. The van der Waals surface area contributed by atoms with Crippen LogP contribution in [0.1, 0.15) is 29.2 Å². The summed E-state index contributed by atoms with van der Waals surface area (Å²) in [5.74, 6) is 0.654. The monoisotopic (exact) mass is 212 g/mol. The second-order valence-electron chi connectivity index (χ2n) is 4.69. The van der Waals surface area contributed by atoms with Gasteiger partial charge in [-0.15, -0.1) is 0 Å². The van der Waals surface area contributed by atoms with Gasteiger partial charge >= 0.3 is 0 Å². The maximum absolute atomic E-state index is 4.21. The zero-order valence-corrected chi connectivity index (χ0v) is 9.56. The molecule has 0 radical (unpaired) electrons. The fourth-order valence-electron chi connectivity index (χ4n) is 2.57. The summed E-state index contributed by atoms with van der Waals surface area (Å²) < 4.78 is 2.29. The molecule has 1 aliphatic heterocycles. The van der Waals surface area contributed by atoms with Crippen molar-refractivity contribution in [2.45, 2.75) is 32.2 Å². The molecule has 0 aliphatic carbocycles. The lowest BCUT2D eigenvalue weighted by molar-refractivity contribution is 0.463. The number of nitrogens with zero attached hydrogens (tertiary/aromatic N) is 2. The van der Waals surface area contributed by atoms with Crippen LogP contribution in [0.15, 0.2) is 36.8 Å². The Bertz CT molecular complexity index is 499. The van der Waals surface area contributed by atoms with Crippen LogP contribution in [0, 0.1) is 6.92 Å². The van der Waals surface area contributed by atoms with Crippen LogP contribution in [0.3, 0.4) is 0 Å². The standard InChI is InChI=1S/C14H16N2/c1-11-3-2-4-12(7-11)13-5-6-14-8-15-10-16(14)9-13/h2-4,7-8,10,13H,5-6,9H2,1H3. The Morgan fingerprint density at radius 2 is 2.31 bits per heavy atom. The van der Waals surface area contributed by atoms with E-state index in [0.717, 1.165) is 13.0 Å². The van der Waals surface area contributed by atoms with Crippen LogP contribution >= 0.6 is 0 Å². The van der Waals surface area contributed by atoms with Gasteiger partial charge in [-0.2, -0.15) is 0 Å². The molecule has 16 heavy (non-hydrogen) atoms. The molecule has 2 aromatic rings. The van der Waals surface area contributed by atoms with Gasteiger partial charge in [0.25, 0.3) is 0 Å². The van der Waals surface area contributed by atoms with E-state index < -0.39 is 0 Å². The molecule has 0 saturated carbocycles. The molecule has 1 aromatic heterocycles. The van der Waals surface area contributed by atoms with Gasteiger partial charge in [0.1, 0.15) is 0 Å². The first-order valence-electron chi connectivity index (χ1n) is 5.88. The van der Waals surface area contributed by atoms with Gasteiger partial charge in [-0.3, -0.25) is 0 Å². The van der Waals surface area contributed by atoms with Crippen molar-refractivity contribution in [2.75, 3.05) is 0 Å². The number of aromatic nitrogens is 2. The van der Waals surface area contributed by atoms with Crippen molar-refractivity contribution in [1.82, 2.24) is 9.55 Å². The van der Waals surface area contributed by atoms with Crippen molar-refractivity contribution >= 4 is 0 Å². The Balaban J connectivity index is 1.88. The molecule has 2 nitrogen and oxygen atoms in total. The number of hydrogen-bond acceptors (Lipinski definition) is 1. The molecule has 0 bridgehead atoms. The van der Waals surface area contributed by atoms with Crippen LogP contribution in [0.4, 0.5) is 0 Å². The largest absolute Gasteiger partial charge is 0.334 e. The van der Waals surface area contributed by atoms with Crippen LogP contribution in [0.2, 0.25) is 0 Å². The third-order valence-electron chi connectivity index (χ3n) is 3.48. The van der Waals surface area contributed by atoms with Crippen molar-refractivity contribution in [3.8, 4) is 0 Å². The smallest absolute Gasteiger partial charge is 0.0948 e. The minimum atomic E-state index is 0.654. The van der Waals surface area contributed by atoms with Gasteiger partial charge in [0.05, 0.1) is 6.33 Å². The van der Waals surface area contributed by atoms with Crippen molar-refractivity contribution in [3.05, 3.63) is 53.6 Å². The SMILES string of the molecule is Cc1cccc(C2CCc3cncn3C2)c1. The lowest BCUT2D eigenvalue weighted by Gasteiger charge is -2.24. The molecule has 0 N–H and O–H groups in total. The highest BCUT2D eigenvalue weighted by atomic mass is 15.1. The average Bonchev–Trinajstić information content (AvgIpc) is 2.75. The summed E-state index contributed by atoms with van der Waals surface area (Å²) in [6, 6.07) is 8.88. The Hall–Kier alpha value is -1.57. The maximum atomic E-state index is 4.21. The van der Waals surface area contributed by atoms with Gasteiger partial charge < -0.3 is 4.57 Å². The second kappa shape index (κ2) is 3.78. The molecular formula is C14H16N2. The molecule has 2 heteroatoms. The van der Waals surface area contributed by atoms with Gasteiger partial charge in [-0.25, -0.2) is 4.98 Å². The summed E-state index contributed by atoms with van der Waals surface area (Å²) in [4.78, 5) is 4.21. The quantitative estimate of drug-likeness (QED) is 0.710. The highest BCUT2D eigenvalue weighted by Crippen LogP contribution is 2.28.